The minimum Gasteiger partial charge on any atom is -0.316 e. The molecule has 12 heavy (non-hydrogen) atoms. The molecule has 2 rings (SSSR count). The van der Waals surface area contributed by atoms with Crippen LogP contribution in [0.1, 0.15) is 18.7 Å². The molecule has 0 atom stereocenters. The van der Waals surface area contributed by atoms with Crippen molar-refractivity contribution in [2.24, 2.45) is 5.92 Å². The summed E-state index contributed by atoms with van der Waals surface area (Å²) >= 11 is 0. The van der Waals surface area contributed by atoms with Crippen molar-refractivity contribution in [1.29, 1.82) is 0 Å². The molecule has 0 amide bonds. The third kappa shape index (κ3) is 2.30. The van der Waals surface area contributed by atoms with Crippen LogP contribution in [0.4, 0.5) is 0 Å². The van der Waals surface area contributed by atoms with Crippen LogP contribution < -0.4 is 5.32 Å². The lowest BCUT2D eigenvalue weighted by Crippen LogP contribution is -2.20. The van der Waals surface area contributed by atoms with Gasteiger partial charge in [-0.1, -0.05) is 0 Å². The Bertz CT molecular complexity index is 215. The van der Waals surface area contributed by atoms with Crippen molar-refractivity contribution in [3.63, 3.8) is 0 Å². The lowest BCUT2D eigenvalue weighted by atomic mass is 10.3. The van der Waals surface area contributed by atoms with Crippen molar-refractivity contribution < 1.29 is 0 Å². The number of aromatic nitrogens is 3. The number of aromatic amines is 1. The summed E-state index contributed by atoms with van der Waals surface area (Å²) in [5.74, 6) is 1.93. The Kier molecular flexibility index (Phi) is 2.36. The summed E-state index contributed by atoms with van der Waals surface area (Å²) in [5, 5.41) is 10.0. The molecule has 0 radical (unpaired) electrons. The molecule has 0 aliphatic heterocycles. The molecular formula is C8H14N4. The van der Waals surface area contributed by atoms with Crippen LogP contribution in [0.2, 0.25) is 0 Å². The maximum Gasteiger partial charge on any atom is 0.137 e. The monoisotopic (exact) mass is 166 g/mol. The van der Waals surface area contributed by atoms with Gasteiger partial charge in [0.25, 0.3) is 0 Å². The number of hydrogen-bond acceptors (Lipinski definition) is 3. The highest BCUT2D eigenvalue weighted by Gasteiger charge is 2.19. The molecule has 4 nitrogen and oxygen atoms in total. The summed E-state index contributed by atoms with van der Waals surface area (Å²) in [5.41, 5.74) is 0. The highest BCUT2D eigenvalue weighted by atomic mass is 15.2. The van der Waals surface area contributed by atoms with Gasteiger partial charge in [0.15, 0.2) is 0 Å². The third-order valence-corrected chi connectivity index (χ3v) is 2.13. The maximum absolute atomic E-state index is 4.04. The van der Waals surface area contributed by atoms with Crippen LogP contribution in [0, 0.1) is 5.92 Å². The van der Waals surface area contributed by atoms with E-state index in [-0.39, 0.29) is 0 Å². The summed E-state index contributed by atoms with van der Waals surface area (Å²) in [6.07, 6.45) is 5.33. The number of hydrogen-bond donors (Lipinski definition) is 2. The zero-order valence-electron chi connectivity index (χ0n) is 7.08. The predicted molar refractivity (Wildman–Crippen MR) is 45.7 cm³/mol. The molecule has 0 spiro atoms. The largest absolute Gasteiger partial charge is 0.316 e. The van der Waals surface area contributed by atoms with Crippen LogP contribution in [-0.2, 0) is 6.42 Å². The Morgan fingerprint density at radius 3 is 3.17 bits per heavy atom. The van der Waals surface area contributed by atoms with E-state index in [1.807, 2.05) is 0 Å². The van der Waals surface area contributed by atoms with Crippen LogP contribution >= 0.6 is 0 Å². The van der Waals surface area contributed by atoms with Crippen molar-refractivity contribution in [1.82, 2.24) is 20.5 Å². The molecule has 0 saturated heterocycles. The van der Waals surface area contributed by atoms with Gasteiger partial charge >= 0.3 is 0 Å². The minimum atomic E-state index is 0.951. The molecule has 1 aromatic heterocycles. The lowest BCUT2D eigenvalue weighted by Gasteiger charge is -1.99. The van der Waals surface area contributed by atoms with E-state index in [0.29, 0.717) is 0 Å². The molecule has 0 aromatic carbocycles. The van der Waals surface area contributed by atoms with Crippen LogP contribution in [0.3, 0.4) is 0 Å². The number of nitrogens with one attached hydrogen (secondary N) is 2. The maximum atomic E-state index is 4.04. The van der Waals surface area contributed by atoms with Crippen molar-refractivity contribution in [2.45, 2.75) is 19.3 Å². The van der Waals surface area contributed by atoms with Crippen LogP contribution in [0.25, 0.3) is 0 Å². The summed E-state index contributed by atoms with van der Waals surface area (Å²) in [4.78, 5) is 4.04. The van der Waals surface area contributed by atoms with Crippen LogP contribution in [0.15, 0.2) is 6.33 Å². The zero-order chi connectivity index (χ0) is 8.23. The second-order valence-corrected chi connectivity index (χ2v) is 3.33. The van der Waals surface area contributed by atoms with Crippen molar-refractivity contribution in [2.75, 3.05) is 13.1 Å². The predicted octanol–water partition coefficient (Wildman–Crippen LogP) is 0.347. The van der Waals surface area contributed by atoms with Gasteiger partial charge in [-0.2, -0.15) is 5.10 Å². The molecule has 66 valence electrons. The molecule has 1 saturated carbocycles. The van der Waals surface area contributed by atoms with E-state index >= 15 is 0 Å². The molecule has 0 bridgehead atoms. The second kappa shape index (κ2) is 3.67. The van der Waals surface area contributed by atoms with Gasteiger partial charge in [0.1, 0.15) is 12.2 Å². The van der Waals surface area contributed by atoms with Gasteiger partial charge in [-0.3, -0.25) is 5.10 Å². The summed E-state index contributed by atoms with van der Waals surface area (Å²) in [7, 11) is 0. The standard InChI is InChI=1S/C8H14N4/c1-2-7(1)5-9-4-3-8-10-6-11-12-8/h6-7,9H,1-5H2,(H,10,11,12). The van der Waals surface area contributed by atoms with E-state index in [0.717, 1.165) is 24.7 Å². The van der Waals surface area contributed by atoms with Crippen molar-refractivity contribution in [3.05, 3.63) is 12.2 Å². The fourth-order valence-electron chi connectivity index (χ4n) is 1.19. The summed E-state index contributed by atoms with van der Waals surface area (Å²) in [6, 6.07) is 0. The van der Waals surface area contributed by atoms with E-state index in [4.69, 9.17) is 0 Å². The molecule has 2 N–H and O–H groups in total. The number of rotatable bonds is 5. The fraction of sp³-hybridized carbons (Fsp3) is 0.750. The topological polar surface area (TPSA) is 53.6 Å². The Morgan fingerprint density at radius 1 is 1.58 bits per heavy atom. The highest BCUT2D eigenvalue weighted by Crippen LogP contribution is 2.27. The number of nitrogens with zero attached hydrogens (tertiary/aromatic N) is 2. The molecule has 1 fully saturated rings. The first-order valence-electron chi connectivity index (χ1n) is 4.50. The normalized spacial score (nSPS) is 16.7. The Morgan fingerprint density at radius 2 is 2.50 bits per heavy atom. The minimum absolute atomic E-state index is 0.951. The van der Waals surface area contributed by atoms with Crippen LogP contribution in [0.5, 0.6) is 0 Å². The molecule has 1 aliphatic rings. The Labute approximate surface area is 71.8 Å². The molecule has 1 aliphatic carbocycles. The van der Waals surface area contributed by atoms with E-state index in [9.17, 15) is 0 Å². The molecule has 1 aromatic rings. The van der Waals surface area contributed by atoms with E-state index in [1.54, 1.807) is 6.33 Å². The lowest BCUT2D eigenvalue weighted by molar-refractivity contribution is 0.628. The number of H-pyrrole nitrogens is 1. The van der Waals surface area contributed by atoms with Gasteiger partial charge in [-0.25, -0.2) is 4.98 Å². The van der Waals surface area contributed by atoms with Gasteiger partial charge in [-0.05, 0) is 25.3 Å². The SMILES string of the molecule is c1n[nH]c(CCNCC2CC2)n1. The van der Waals surface area contributed by atoms with E-state index < -0.39 is 0 Å². The first kappa shape index (κ1) is 7.73. The van der Waals surface area contributed by atoms with Gasteiger partial charge in [0.05, 0.1) is 0 Å². The average Bonchev–Trinajstić information content (AvgIpc) is 2.76. The average molecular weight is 166 g/mol. The fourth-order valence-corrected chi connectivity index (χ4v) is 1.19. The highest BCUT2D eigenvalue weighted by molar-refractivity contribution is 4.81. The van der Waals surface area contributed by atoms with Gasteiger partial charge in [-0.15, -0.1) is 0 Å². The third-order valence-electron chi connectivity index (χ3n) is 2.13. The van der Waals surface area contributed by atoms with Crippen LogP contribution in [-0.4, -0.2) is 28.3 Å². The summed E-state index contributed by atoms with van der Waals surface area (Å²) in [6.45, 7) is 2.18. The first-order valence-corrected chi connectivity index (χ1v) is 4.50. The molecule has 1 heterocycles. The van der Waals surface area contributed by atoms with Crippen molar-refractivity contribution >= 4 is 0 Å². The quantitative estimate of drug-likeness (QED) is 0.620. The smallest absolute Gasteiger partial charge is 0.137 e. The molecule has 0 unspecified atom stereocenters. The zero-order valence-corrected chi connectivity index (χ0v) is 7.08. The second-order valence-electron chi connectivity index (χ2n) is 3.33. The van der Waals surface area contributed by atoms with E-state index in [2.05, 4.69) is 20.5 Å². The summed E-state index contributed by atoms with van der Waals surface area (Å²) < 4.78 is 0. The molecular weight excluding hydrogens is 152 g/mol. The van der Waals surface area contributed by atoms with Gasteiger partial charge in [0, 0.05) is 13.0 Å². The van der Waals surface area contributed by atoms with Gasteiger partial charge in [0.2, 0.25) is 0 Å². The molecule has 4 heteroatoms. The Hall–Kier alpha value is -0.900. The Balaban J connectivity index is 1.56. The van der Waals surface area contributed by atoms with E-state index in [1.165, 1.54) is 19.4 Å². The van der Waals surface area contributed by atoms with Crippen molar-refractivity contribution in [3.8, 4) is 0 Å². The van der Waals surface area contributed by atoms with Gasteiger partial charge < -0.3 is 5.32 Å². The first-order chi connectivity index (χ1) is 5.95.